The average Bonchev–Trinajstić information content (AvgIpc) is 2.70. The van der Waals surface area contributed by atoms with Crippen molar-refractivity contribution >= 4 is 34.3 Å². The number of benzene rings is 1. The molecule has 0 radical (unpaired) electrons. The summed E-state index contributed by atoms with van der Waals surface area (Å²) >= 11 is 7.32. The molecule has 1 aromatic carbocycles. The fourth-order valence-electron chi connectivity index (χ4n) is 2.07. The SMILES string of the molecule is Clc1ncc(CNc2ccc3c(c2)NCCNC3)s1. The lowest BCUT2D eigenvalue weighted by atomic mass is 10.1. The second kappa shape index (κ2) is 5.77. The predicted octanol–water partition coefficient (Wildman–Crippen LogP) is 2.92. The van der Waals surface area contributed by atoms with Crippen LogP contribution in [0, 0.1) is 0 Å². The van der Waals surface area contributed by atoms with Crippen LogP contribution in [0.2, 0.25) is 4.47 Å². The zero-order valence-electron chi connectivity index (χ0n) is 10.4. The molecule has 0 saturated heterocycles. The maximum atomic E-state index is 5.82. The van der Waals surface area contributed by atoms with Crippen LogP contribution in [0.3, 0.4) is 0 Å². The van der Waals surface area contributed by atoms with Gasteiger partial charge in [0.1, 0.15) is 0 Å². The summed E-state index contributed by atoms with van der Waals surface area (Å²) in [6.07, 6.45) is 1.81. The zero-order valence-corrected chi connectivity index (χ0v) is 11.9. The minimum absolute atomic E-state index is 0.589. The number of rotatable bonds is 3. The normalized spacial score (nSPS) is 14.4. The average molecular weight is 295 g/mol. The van der Waals surface area contributed by atoms with Crippen LogP contribution >= 0.6 is 22.9 Å². The van der Waals surface area contributed by atoms with Crippen molar-refractivity contribution in [3.05, 3.63) is 39.3 Å². The molecule has 100 valence electrons. The monoisotopic (exact) mass is 294 g/mol. The quantitative estimate of drug-likeness (QED) is 0.815. The van der Waals surface area contributed by atoms with Gasteiger partial charge in [0.05, 0.1) is 6.54 Å². The molecule has 19 heavy (non-hydrogen) atoms. The van der Waals surface area contributed by atoms with Crippen LogP contribution in [0.15, 0.2) is 24.4 Å². The molecule has 4 nitrogen and oxygen atoms in total. The molecule has 0 amide bonds. The Morgan fingerprint density at radius 2 is 2.32 bits per heavy atom. The van der Waals surface area contributed by atoms with E-state index in [1.54, 1.807) is 0 Å². The van der Waals surface area contributed by atoms with Crippen molar-refractivity contribution in [3.63, 3.8) is 0 Å². The van der Waals surface area contributed by atoms with E-state index in [0.717, 1.165) is 36.7 Å². The Hall–Kier alpha value is -1.30. The summed E-state index contributed by atoms with van der Waals surface area (Å²) in [6.45, 7) is 3.63. The molecule has 0 atom stereocenters. The second-order valence-corrected chi connectivity index (χ2v) is 6.11. The summed E-state index contributed by atoms with van der Waals surface area (Å²) in [5.74, 6) is 0. The minimum Gasteiger partial charge on any atom is -0.383 e. The van der Waals surface area contributed by atoms with Crippen molar-refractivity contribution in [2.75, 3.05) is 23.7 Å². The van der Waals surface area contributed by atoms with Crippen molar-refractivity contribution in [2.45, 2.75) is 13.1 Å². The number of nitrogens with zero attached hydrogens (tertiary/aromatic N) is 1. The minimum atomic E-state index is 0.589. The summed E-state index contributed by atoms with van der Waals surface area (Å²) in [7, 11) is 0. The van der Waals surface area contributed by atoms with Crippen molar-refractivity contribution < 1.29 is 0 Å². The number of fused-ring (bicyclic) bond motifs is 1. The first-order valence-corrected chi connectivity index (χ1v) is 7.42. The van der Waals surface area contributed by atoms with E-state index in [1.165, 1.54) is 22.6 Å². The molecule has 3 rings (SSSR count). The Bertz CT molecular complexity index is 570. The molecule has 2 heterocycles. The highest BCUT2D eigenvalue weighted by molar-refractivity contribution is 7.15. The van der Waals surface area contributed by atoms with E-state index >= 15 is 0 Å². The first-order valence-electron chi connectivity index (χ1n) is 6.23. The van der Waals surface area contributed by atoms with Gasteiger partial charge in [-0.1, -0.05) is 17.7 Å². The van der Waals surface area contributed by atoms with Crippen LogP contribution < -0.4 is 16.0 Å². The number of thiazole rings is 1. The van der Waals surface area contributed by atoms with Gasteiger partial charge in [-0.3, -0.25) is 0 Å². The highest BCUT2D eigenvalue weighted by atomic mass is 35.5. The highest BCUT2D eigenvalue weighted by Gasteiger charge is 2.07. The standard InChI is InChI=1S/C13H15ClN4S/c14-13-18-8-11(19-13)7-17-10-2-1-9-6-15-3-4-16-12(9)5-10/h1-2,5,8,15-17H,3-4,6-7H2. The molecule has 0 fully saturated rings. The third-order valence-electron chi connectivity index (χ3n) is 3.03. The van der Waals surface area contributed by atoms with Crippen molar-refractivity contribution in [1.82, 2.24) is 10.3 Å². The molecule has 1 aliphatic rings. The van der Waals surface area contributed by atoms with E-state index in [2.05, 4.69) is 39.1 Å². The summed E-state index contributed by atoms with van der Waals surface area (Å²) < 4.78 is 0.589. The lowest BCUT2D eigenvalue weighted by molar-refractivity contribution is 0.725. The van der Waals surface area contributed by atoms with Crippen LogP contribution in [0.5, 0.6) is 0 Å². The molecule has 0 saturated carbocycles. The second-order valence-electron chi connectivity index (χ2n) is 4.41. The Morgan fingerprint density at radius 3 is 3.16 bits per heavy atom. The predicted molar refractivity (Wildman–Crippen MR) is 81.1 cm³/mol. The molecule has 0 bridgehead atoms. The van der Waals surface area contributed by atoms with Crippen molar-refractivity contribution in [3.8, 4) is 0 Å². The summed E-state index contributed by atoms with van der Waals surface area (Å²) in [5, 5.41) is 10.2. The van der Waals surface area contributed by atoms with Crippen LogP contribution in [-0.2, 0) is 13.1 Å². The number of halogens is 1. The van der Waals surface area contributed by atoms with Gasteiger partial charge in [-0.15, -0.1) is 11.3 Å². The lowest BCUT2D eigenvalue weighted by Gasteiger charge is -2.11. The molecular formula is C13H15ClN4S. The lowest BCUT2D eigenvalue weighted by Crippen LogP contribution is -2.16. The van der Waals surface area contributed by atoms with Crippen LogP contribution in [0.1, 0.15) is 10.4 Å². The topological polar surface area (TPSA) is 49.0 Å². The van der Waals surface area contributed by atoms with E-state index in [4.69, 9.17) is 11.6 Å². The van der Waals surface area contributed by atoms with Crippen molar-refractivity contribution in [2.24, 2.45) is 0 Å². The van der Waals surface area contributed by atoms with E-state index < -0.39 is 0 Å². The maximum Gasteiger partial charge on any atom is 0.183 e. The largest absolute Gasteiger partial charge is 0.383 e. The fraction of sp³-hybridized carbons (Fsp3) is 0.308. The van der Waals surface area contributed by atoms with Crippen LogP contribution in [0.4, 0.5) is 11.4 Å². The Balaban J connectivity index is 1.69. The van der Waals surface area contributed by atoms with E-state index in [0.29, 0.717) is 4.47 Å². The van der Waals surface area contributed by atoms with Gasteiger partial charge >= 0.3 is 0 Å². The van der Waals surface area contributed by atoms with E-state index in [-0.39, 0.29) is 0 Å². The van der Waals surface area contributed by atoms with Crippen LogP contribution in [-0.4, -0.2) is 18.1 Å². The Morgan fingerprint density at radius 1 is 1.37 bits per heavy atom. The third kappa shape index (κ3) is 3.18. The van der Waals surface area contributed by atoms with Crippen LogP contribution in [0.25, 0.3) is 0 Å². The van der Waals surface area contributed by atoms with Gasteiger partial charge in [0.2, 0.25) is 0 Å². The van der Waals surface area contributed by atoms with Gasteiger partial charge in [-0.2, -0.15) is 0 Å². The number of aromatic nitrogens is 1. The molecule has 0 aliphatic carbocycles. The first kappa shape index (κ1) is 12.7. The van der Waals surface area contributed by atoms with Crippen molar-refractivity contribution in [1.29, 1.82) is 0 Å². The molecule has 2 aromatic rings. The molecule has 1 aliphatic heterocycles. The maximum absolute atomic E-state index is 5.82. The number of hydrogen-bond donors (Lipinski definition) is 3. The number of nitrogens with one attached hydrogen (secondary N) is 3. The third-order valence-corrected chi connectivity index (χ3v) is 4.15. The highest BCUT2D eigenvalue weighted by Crippen LogP contribution is 2.24. The molecule has 3 N–H and O–H groups in total. The zero-order chi connectivity index (χ0) is 13.1. The summed E-state index contributed by atoms with van der Waals surface area (Å²) in [4.78, 5) is 5.17. The smallest absolute Gasteiger partial charge is 0.183 e. The van der Waals surface area contributed by atoms with Gasteiger partial charge in [0, 0.05) is 42.1 Å². The molecular weight excluding hydrogens is 280 g/mol. The van der Waals surface area contributed by atoms with Gasteiger partial charge in [-0.05, 0) is 17.7 Å². The van der Waals surface area contributed by atoms with Gasteiger partial charge < -0.3 is 16.0 Å². The molecule has 0 spiro atoms. The summed E-state index contributed by atoms with van der Waals surface area (Å²) in [5.41, 5.74) is 3.62. The van der Waals surface area contributed by atoms with Gasteiger partial charge in [0.15, 0.2) is 4.47 Å². The molecule has 6 heteroatoms. The number of anilines is 2. The molecule has 1 aromatic heterocycles. The van der Waals surface area contributed by atoms with E-state index in [1.807, 2.05) is 6.20 Å². The Kier molecular flexibility index (Phi) is 3.87. The first-order chi connectivity index (χ1) is 9.31. The fourth-order valence-corrected chi connectivity index (χ4v) is 2.99. The molecule has 0 unspecified atom stereocenters. The van der Waals surface area contributed by atoms with Gasteiger partial charge in [0.25, 0.3) is 0 Å². The van der Waals surface area contributed by atoms with E-state index in [9.17, 15) is 0 Å². The van der Waals surface area contributed by atoms with Gasteiger partial charge in [-0.25, -0.2) is 4.98 Å². The number of hydrogen-bond acceptors (Lipinski definition) is 5. The Labute approximate surface area is 121 Å². The summed E-state index contributed by atoms with van der Waals surface area (Å²) in [6, 6.07) is 6.42.